The number of nitrogens with zero attached hydrogens (tertiary/aromatic N) is 2. The first-order valence-corrected chi connectivity index (χ1v) is 9.50. The van der Waals surface area contributed by atoms with Crippen LogP contribution in [0.1, 0.15) is 5.56 Å². The molecule has 1 heterocycles. The Morgan fingerprint density at radius 3 is 2.56 bits per heavy atom. The maximum absolute atomic E-state index is 13.2. The van der Waals surface area contributed by atoms with Gasteiger partial charge in [0.2, 0.25) is 0 Å². The van der Waals surface area contributed by atoms with E-state index in [0.29, 0.717) is 37.9 Å². The molecule has 0 unspecified atom stereocenters. The SMILES string of the molecule is C=CCSc1ncc(-c2ccc(Cl)c(Cl)c2)n1-c1cccc(C(F)(F)F)c1. The fourth-order valence-corrected chi connectivity index (χ4v) is 3.53. The average Bonchev–Trinajstić information content (AvgIpc) is 3.05. The van der Waals surface area contributed by atoms with Crippen molar-refractivity contribution in [1.29, 1.82) is 0 Å². The van der Waals surface area contributed by atoms with Crippen molar-refractivity contribution in [2.45, 2.75) is 11.3 Å². The standard InChI is InChI=1S/C19H13Cl2F3N2S/c1-2-8-27-18-25-11-17(12-6-7-15(20)16(21)9-12)26(18)14-5-3-4-13(10-14)19(22,23)24/h2-7,9-11H,1,8H2. The number of benzene rings is 2. The van der Waals surface area contributed by atoms with Crippen molar-refractivity contribution in [2.24, 2.45) is 0 Å². The molecule has 0 saturated heterocycles. The number of alkyl halides is 3. The normalized spacial score (nSPS) is 11.6. The van der Waals surface area contributed by atoms with Gasteiger partial charge in [-0.05, 0) is 30.3 Å². The summed E-state index contributed by atoms with van der Waals surface area (Å²) in [6, 6.07) is 10.2. The molecular formula is C19H13Cl2F3N2S. The Hall–Kier alpha value is -1.89. The molecule has 0 aliphatic carbocycles. The van der Waals surface area contributed by atoms with E-state index in [9.17, 15) is 13.2 Å². The zero-order valence-electron chi connectivity index (χ0n) is 13.8. The largest absolute Gasteiger partial charge is 0.416 e. The highest BCUT2D eigenvalue weighted by molar-refractivity contribution is 7.99. The predicted molar refractivity (Wildman–Crippen MR) is 105 cm³/mol. The van der Waals surface area contributed by atoms with E-state index in [1.165, 1.54) is 17.8 Å². The van der Waals surface area contributed by atoms with Crippen LogP contribution in [0.3, 0.4) is 0 Å². The summed E-state index contributed by atoms with van der Waals surface area (Å²) in [6.45, 7) is 3.67. The topological polar surface area (TPSA) is 17.8 Å². The summed E-state index contributed by atoms with van der Waals surface area (Å²) in [5, 5.41) is 1.30. The van der Waals surface area contributed by atoms with Crippen LogP contribution in [0.5, 0.6) is 0 Å². The Bertz CT molecular complexity index is 983. The lowest BCUT2D eigenvalue weighted by atomic mass is 10.1. The van der Waals surface area contributed by atoms with Crippen molar-refractivity contribution in [2.75, 3.05) is 5.75 Å². The second-order valence-electron chi connectivity index (χ2n) is 5.54. The summed E-state index contributed by atoms with van der Waals surface area (Å²) in [4.78, 5) is 4.37. The summed E-state index contributed by atoms with van der Waals surface area (Å²) in [6.07, 6.45) is -1.13. The molecule has 0 spiro atoms. The molecule has 0 saturated carbocycles. The van der Waals surface area contributed by atoms with Gasteiger partial charge in [-0.2, -0.15) is 13.2 Å². The second-order valence-corrected chi connectivity index (χ2v) is 7.34. The molecule has 0 atom stereocenters. The quantitative estimate of drug-likeness (QED) is 0.317. The molecule has 0 N–H and O–H groups in total. The molecule has 2 aromatic carbocycles. The molecule has 8 heteroatoms. The molecular weight excluding hydrogens is 416 g/mol. The maximum Gasteiger partial charge on any atom is 0.416 e. The predicted octanol–water partition coefficient (Wildman–Crippen LogP) is 7.14. The van der Waals surface area contributed by atoms with Crippen molar-refractivity contribution in [1.82, 2.24) is 9.55 Å². The van der Waals surface area contributed by atoms with Gasteiger partial charge in [0.05, 0.1) is 27.5 Å². The first kappa shape index (κ1) is 19.9. The third-order valence-electron chi connectivity index (χ3n) is 3.71. The molecule has 0 aliphatic heterocycles. The number of hydrogen-bond donors (Lipinski definition) is 0. The Kier molecular flexibility index (Phi) is 5.89. The summed E-state index contributed by atoms with van der Waals surface area (Å²) in [5.74, 6) is 0.566. The fourth-order valence-electron chi connectivity index (χ4n) is 2.50. The van der Waals surface area contributed by atoms with Crippen molar-refractivity contribution in [3.8, 4) is 16.9 Å². The van der Waals surface area contributed by atoms with Crippen LogP contribution in [-0.2, 0) is 6.18 Å². The maximum atomic E-state index is 13.2. The number of thioether (sulfide) groups is 1. The minimum Gasteiger partial charge on any atom is -0.287 e. The number of hydrogen-bond acceptors (Lipinski definition) is 2. The van der Waals surface area contributed by atoms with Gasteiger partial charge in [-0.3, -0.25) is 4.57 Å². The smallest absolute Gasteiger partial charge is 0.287 e. The molecule has 0 fully saturated rings. The molecule has 2 nitrogen and oxygen atoms in total. The van der Waals surface area contributed by atoms with Crippen molar-refractivity contribution < 1.29 is 13.2 Å². The van der Waals surface area contributed by atoms with E-state index in [-0.39, 0.29) is 0 Å². The van der Waals surface area contributed by atoms with Crippen molar-refractivity contribution >= 4 is 35.0 Å². The monoisotopic (exact) mass is 428 g/mol. The number of imidazole rings is 1. The Morgan fingerprint density at radius 1 is 1.11 bits per heavy atom. The molecule has 0 bridgehead atoms. The lowest BCUT2D eigenvalue weighted by molar-refractivity contribution is -0.137. The lowest BCUT2D eigenvalue weighted by Crippen LogP contribution is -2.07. The summed E-state index contributed by atoms with van der Waals surface area (Å²) in [7, 11) is 0. The van der Waals surface area contributed by atoms with Gasteiger partial charge in [-0.25, -0.2) is 4.98 Å². The molecule has 140 valence electrons. The average molecular weight is 429 g/mol. The number of rotatable bonds is 5. The molecule has 27 heavy (non-hydrogen) atoms. The van der Waals surface area contributed by atoms with Gasteiger partial charge in [0, 0.05) is 17.0 Å². The van der Waals surface area contributed by atoms with Crippen LogP contribution >= 0.6 is 35.0 Å². The Balaban J connectivity index is 2.18. The van der Waals surface area contributed by atoms with Gasteiger partial charge < -0.3 is 0 Å². The van der Waals surface area contributed by atoms with E-state index in [2.05, 4.69) is 11.6 Å². The highest BCUT2D eigenvalue weighted by atomic mass is 35.5. The van der Waals surface area contributed by atoms with Crippen molar-refractivity contribution in [3.63, 3.8) is 0 Å². The zero-order valence-corrected chi connectivity index (χ0v) is 16.1. The zero-order chi connectivity index (χ0) is 19.6. The Morgan fingerprint density at radius 2 is 1.89 bits per heavy atom. The third-order valence-corrected chi connectivity index (χ3v) is 5.39. The molecule has 0 radical (unpaired) electrons. The van der Waals surface area contributed by atoms with Gasteiger partial charge in [0.15, 0.2) is 5.16 Å². The number of halogens is 5. The van der Waals surface area contributed by atoms with Crippen LogP contribution in [0, 0.1) is 0 Å². The molecule has 0 aliphatic rings. The molecule has 3 aromatic rings. The van der Waals surface area contributed by atoms with Crippen molar-refractivity contribution in [3.05, 3.63) is 76.9 Å². The molecule has 3 rings (SSSR count). The van der Waals surface area contributed by atoms with Crippen LogP contribution < -0.4 is 0 Å². The minimum absolute atomic E-state index is 0.353. The van der Waals surface area contributed by atoms with E-state index < -0.39 is 11.7 Å². The lowest BCUT2D eigenvalue weighted by Gasteiger charge is -2.14. The van der Waals surface area contributed by atoms with E-state index in [1.807, 2.05) is 0 Å². The van der Waals surface area contributed by atoms with Crippen LogP contribution in [0.15, 0.2) is 66.5 Å². The van der Waals surface area contributed by atoms with E-state index >= 15 is 0 Å². The highest BCUT2D eigenvalue weighted by Crippen LogP contribution is 2.35. The van der Waals surface area contributed by atoms with Gasteiger partial charge >= 0.3 is 6.18 Å². The van der Waals surface area contributed by atoms with Crippen LogP contribution in [0.2, 0.25) is 10.0 Å². The molecule has 0 amide bonds. The van der Waals surface area contributed by atoms with E-state index in [0.717, 1.165) is 12.1 Å². The summed E-state index contributed by atoms with van der Waals surface area (Å²) < 4.78 is 41.1. The summed E-state index contributed by atoms with van der Waals surface area (Å²) >= 11 is 13.5. The Labute approximate surface area is 168 Å². The van der Waals surface area contributed by atoms with Crippen LogP contribution in [0.4, 0.5) is 13.2 Å². The van der Waals surface area contributed by atoms with Crippen LogP contribution in [-0.4, -0.2) is 15.3 Å². The summed E-state index contributed by atoms with van der Waals surface area (Å²) in [5.41, 5.74) is 0.933. The second kappa shape index (κ2) is 8.00. The first-order valence-electron chi connectivity index (χ1n) is 7.75. The first-order chi connectivity index (χ1) is 12.8. The van der Waals surface area contributed by atoms with Crippen LogP contribution in [0.25, 0.3) is 16.9 Å². The number of aromatic nitrogens is 2. The van der Waals surface area contributed by atoms with Gasteiger partial charge in [-0.1, -0.05) is 53.2 Å². The van der Waals surface area contributed by atoms with Gasteiger partial charge in [-0.15, -0.1) is 6.58 Å². The molecule has 1 aromatic heterocycles. The third kappa shape index (κ3) is 4.34. The highest BCUT2D eigenvalue weighted by Gasteiger charge is 2.31. The minimum atomic E-state index is -4.44. The van der Waals surface area contributed by atoms with Gasteiger partial charge in [0.25, 0.3) is 0 Å². The van der Waals surface area contributed by atoms with E-state index in [1.54, 1.807) is 41.1 Å². The van der Waals surface area contributed by atoms with E-state index in [4.69, 9.17) is 23.2 Å². The fraction of sp³-hybridized carbons (Fsp3) is 0.105. The van der Waals surface area contributed by atoms with Gasteiger partial charge in [0.1, 0.15) is 0 Å².